The maximum atomic E-state index is 5.41. The molecule has 0 N–H and O–H groups in total. The lowest BCUT2D eigenvalue weighted by atomic mass is 10.1. The summed E-state index contributed by atoms with van der Waals surface area (Å²) in [6, 6.07) is 15.7. The third-order valence-corrected chi connectivity index (χ3v) is 5.44. The lowest BCUT2D eigenvalue weighted by Crippen LogP contribution is -2.01. The molecule has 2 heterocycles. The summed E-state index contributed by atoms with van der Waals surface area (Å²) >= 11 is 1.51. The van der Waals surface area contributed by atoms with E-state index in [0.717, 1.165) is 27.9 Å². The zero-order valence-electron chi connectivity index (χ0n) is 16.8. The topological polar surface area (TPSA) is 78.9 Å². The third-order valence-electron chi connectivity index (χ3n) is 4.47. The van der Waals surface area contributed by atoms with Crippen LogP contribution < -0.4 is 4.74 Å². The quantitative estimate of drug-likeness (QED) is 0.300. The molecule has 2 aromatic carbocycles. The summed E-state index contributed by atoms with van der Waals surface area (Å²) in [5.74, 6) is 3.21. The van der Waals surface area contributed by atoms with Crippen molar-refractivity contribution in [3.8, 4) is 28.6 Å². The molecule has 0 bridgehead atoms. The van der Waals surface area contributed by atoms with Crippen LogP contribution in [0.15, 0.2) is 70.9 Å². The minimum Gasteiger partial charge on any atom is -0.497 e. The average Bonchev–Trinajstić information content (AvgIpc) is 3.40. The Morgan fingerprint density at radius 2 is 1.80 bits per heavy atom. The molecule has 152 valence electrons. The fourth-order valence-corrected chi connectivity index (χ4v) is 3.69. The van der Waals surface area contributed by atoms with Gasteiger partial charge in [-0.1, -0.05) is 40.7 Å². The van der Waals surface area contributed by atoms with Crippen molar-refractivity contribution >= 4 is 11.8 Å². The first-order chi connectivity index (χ1) is 14.7. The van der Waals surface area contributed by atoms with Gasteiger partial charge in [-0.2, -0.15) is 4.98 Å². The minimum absolute atomic E-state index is 0.511. The first-order valence-electron chi connectivity index (χ1n) is 9.39. The van der Waals surface area contributed by atoms with Gasteiger partial charge in [-0.05, 0) is 43.3 Å². The molecule has 0 radical (unpaired) electrons. The second kappa shape index (κ2) is 8.96. The van der Waals surface area contributed by atoms with E-state index < -0.39 is 0 Å². The van der Waals surface area contributed by atoms with E-state index in [0.29, 0.717) is 24.0 Å². The molecular formula is C22H21N5O2S. The Hall–Kier alpha value is -3.39. The average molecular weight is 420 g/mol. The molecule has 0 aliphatic carbocycles. The number of ether oxygens (including phenoxy) is 1. The van der Waals surface area contributed by atoms with Gasteiger partial charge in [0, 0.05) is 17.7 Å². The summed E-state index contributed by atoms with van der Waals surface area (Å²) in [6.07, 6.45) is 1.82. The number of allylic oxidation sites excluding steroid dienone is 1. The van der Waals surface area contributed by atoms with Crippen LogP contribution >= 0.6 is 11.8 Å². The Bertz CT molecular complexity index is 1130. The summed E-state index contributed by atoms with van der Waals surface area (Å²) < 4.78 is 12.7. The number of aromatic nitrogens is 5. The van der Waals surface area contributed by atoms with E-state index in [-0.39, 0.29) is 0 Å². The van der Waals surface area contributed by atoms with E-state index in [1.54, 1.807) is 7.11 Å². The van der Waals surface area contributed by atoms with Crippen LogP contribution in [-0.2, 0) is 12.3 Å². The number of nitrogens with zero attached hydrogens (tertiary/aromatic N) is 5. The molecule has 0 fully saturated rings. The van der Waals surface area contributed by atoms with E-state index in [1.807, 2.05) is 66.1 Å². The van der Waals surface area contributed by atoms with Gasteiger partial charge in [0.25, 0.3) is 5.89 Å². The Morgan fingerprint density at radius 1 is 1.07 bits per heavy atom. The van der Waals surface area contributed by atoms with Crippen molar-refractivity contribution < 1.29 is 9.26 Å². The van der Waals surface area contributed by atoms with Crippen molar-refractivity contribution in [3.05, 3.63) is 72.6 Å². The lowest BCUT2D eigenvalue weighted by Gasteiger charge is -2.07. The summed E-state index contributed by atoms with van der Waals surface area (Å²) in [7, 11) is 1.64. The Balaban J connectivity index is 1.51. The predicted octanol–water partition coefficient (Wildman–Crippen LogP) is 4.79. The van der Waals surface area contributed by atoms with Crippen molar-refractivity contribution in [2.75, 3.05) is 7.11 Å². The Morgan fingerprint density at radius 3 is 2.50 bits per heavy atom. The highest BCUT2D eigenvalue weighted by molar-refractivity contribution is 7.98. The number of aryl methyl sites for hydroxylation is 1. The summed E-state index contributed by atoms with van der Waals surface area (Å²) in [5, 5.41) is 13.6. The first kappa shape index (κ1) is 19.9. The van der Waals surface area contributed by atoms with Gasteiger partial charge < -0.3 is 9.26 Å². The molecule has 0 spiro atoms. The highest BCUT2D eigenvalue weighted by Crippen LogP contribution is 2.28. The molecule has 0 saturated carbocycles. The Kier molecular flexibility index (Phi) is 5.94. The van der Waals surface area contributed by atoms with Crippen LogP contribution in [0.4, 0.5) is 0 Å². The van der Waals surface area contributed by atoms with Gasteiger partial charge in [0.05, 0.1) is 12.9 Å². The van der Waals surface area contributed by atoms with Gasteiger partial charge in [-0.25, -0.2) is 0 Å². The highest BCUT2D eigenvalue weighted by Gasteiger charge is 2.16. The highest BCUT2D eigenvalue weighted by atomic mass is 32.2. The molecule has 4 aromatic rings. The van der Waals surface area contributed by atoms with Crippen LogP contribution in [0.5, 0.6) is 5.75 Å². The van der Waals surface area contributed by atoms with Gasteiger partial charge in [0.2, 0.25) is 0 Å². The zero-order valence-corrected chi connectivity index (χ0v) is 17.6. The largest absolute Gasteiger partial charge is 0.497 e. The number of benzene rings is 2. The first-order valence-corrected chi connectivity index (χ1v) is 10.4. The van der Waals surface area contributed by atoms with E-state index >= 15 is 0 Å². The fraction of sp³-hybridized carbons (Fsp3) is 0.182. The number of methoxy groups -OCH3 is 1. The van der Waals surface area contributed by atoms with Crippen molar-refractivity contribution in [3.63, 3.8) is 0 Å². The molecule has 30 heavy (non-hydrogen) atoms. The minimum atomic E-state index is 0.511. The second-order valence-electron chi connectivity index (χ2n) is 6.60. The molecule has 0 atom stereocenters. The van der Waals surface area contributed by atoms with Crippen LogP contribution in [0.1, 0.15) is 11.4 Å². The van der Waals surface area contributed by atoms with Crippen LogP contribution in [0, 0.1) is 6.92 Å². The van der Waals surface area contributed by atoms with Crippen LogP contribution in [0.2, 0.25) is 0 Å². The molecule has 4 rings (SSSR count). The molecular weight excluding hydrogens is 398 g/mol. The van der Waals surface area contributed by atoms with Gasteiger partial charge in [-0.15, -0.1) is 16.8 Å². The van der Waals surface area contributed by atoms with E-state index in [2.05, 4.69) is 26.9 Å². The summed E-state index contributed by atoms with van der Waals surface area (Å²) in [5.41, 5.74) is 3.04. The SMILES string of the molecule is C=CCn1c(SCc2noc(-c3ccc(C)cc3)n2)nnc1-c1ccc(OC)cc1. The molecule has 8 heteroatoms. The number of hydrogen-bond acceptors (Lipinski definition) is 7. The van der Waals surface area contributed by atoms with Gasteiger partial charge >= 0.3 is 0 Å². The Labute approximate surface area is 178 Å². The molecule has 2 aromatic heterocycles. The maximum absolute atomic E-state index is 5.41. The smallest absolute Gasteiger partial charge is 0.257 e. The van der Waals surface area contributed by atoms with E-state index in [4.69, 9.17) is 9.26 Å². The molecule has 0 aliphatic heterocycles. The lowest BCUT2D eigenvalue weighted by molar-refractivity contribution is 0.415. The molecule has 0 unspecified atom stereocenters. The maximum Gasteiger partial charge on any atom is 0.257 e. The van der Waals surface area contributed by atoms with Crippen LogP contribution in [0.3, 0.4) is 0 Å². The van der Waals surface area contributed by atoms with Crippen molar-refractivity contribution in [2.45, 2.75) is 24.4 Å². The number of hydrogen-bond donors (Lipinski definition) is 0. The van der Waals surface area contributed by atoms with Gasteiger partial charge in [-0.3, -0.25) is 4.57 Å². The second-order valence-corrected chi connectivity index (χ2v) is 7.55. The monoisotopic (exact) mass is 419 g/mol. The molecule has 0 amide bonds. The van der Waals surface area contributed by atoms with Gasteiger partial charge in [0.1, 0.15) is 5.75 Å². The standard InChI is InChI=1S/C22H21N5O2S/c1-4-13-27-20(16-9-11-18(28-3)12-10-16)24-25-22(27)30-14-19-23-21(29-26-19)17-7-5-15(2)6-8-17/h4-12H,1,13-14H2,2-3H3. The molecule has 0 aliphatic rings. The van der Waals surface area contributed by atoms with Crippen LogP contribution in [0.25, 0.3) is 22.8 Å². The fourth-order valence-electron chi connectivity index (χ4n) is 2.90. The summed E-state index contributed by atoms with van der Waals surface area (Å²) in [4.78, 5) is 4.49. The molecule has 7 nitrogen and oxygen atoms in total. The summed E-state index contributed by atoms with van der Waals surface area (Å²) in [6.45, 7) is 6.49. The van der Waals surface area contributed by atoms with Crippen molar-refractivity contribution in [1.82, 2.24) is 24.9 Å². The normalized spacial score (nSPS) is 10.9. The van der Waals surface area contributed by atoms with Gasteiger partial charge in [0.15, 0.2) is 16.8 Å². The zero-order chi connectivity index (χ0) is 20.9. The van der Waals surface area contributed by atoms with E-state index in [1.165, 1.54) is 17.3 Å². The number of rotatable bonds is 8. The third kappa shape index (κ3) is 4.28. The number of thioether (sulfide) groups is 1. The predicted molar refractivity (Wildman–Crippen MR) is 116 cm³/mol. The molecule has 0 saturated heterocycles. The van der Waals surface area contributed by atoms with Crippen LogP contribution in [-0.4, -0.2) is 32.0 Å². The van der Waals surface area contributed by atoms with Crippen molar-refractivity contribution in [1.29, 1.82) is 0 Å². The van der Waals surface area contributed by atoms with E-state index in [9.17, 15) is 0 Å². The van der Waals surface area contributed by atoms with Crippen molar-refractivity contribution in [2.24, 2.45) is 0 Å².